The standard InChI is InChI=1S/C24H19F3N2O2S/c1-2-31-19-12-10-18(11-13-19)29-22(30)20-8-3-4-9-21(20)28-23(29)32-15-16-6-5-7-17(14-16)24(25,26)27/h3-14H,2,15H2,1H3. The van der Waals surface area contributed by atoms with Crippen LogP contribution in [0.3, 0.4) is 0 Å². The maximum absolute atomic E-state index is 13.3. The van der Waals surface area contributed by atoms with Crippen LogP contribution in [0, 0.1) is 0 Å². The summed E-state index contributed by atoms with van der Waals surface area (Å²) < 4.78 is 46.1. The lowest BCUT2D eigenvalue weighted by Gasteiger charge is -2.14. The van der Waals surface area contributed by atoms with E-state index >= 15 is 0 Å². The normalized spacial score (nSPS) is 11.6. The number of rotatable bonds is 6. The molecule has 0 aliphatic carbocycles. The molecule has 32 heavy (non-hydrogen) atoms. The summed E-state index contributed by atoms with van der Waals surface area (Å²) >= 11 is 1.21. The van der Waals surface area contributed by atoms with Gasteiger partial charge in [0.1, 0.15) is 5.75 Å². The van der Waals surface area contributed by atoms with Gasteiger partial charge in [0, 0.05) is 5.75 Å². The Bertz CT molecular complexity index is 1300. The zero-order valence-electron chi connectivity index (χ0n) is 17.1. The van der Waals surface area contributed by atoms with Crippen molar-refractivity contribution in [1.29, 1.82) is 0 Å². The van der Waals surface area contributed by atoms with Crippen LogP contribution >= 0.6 is 11.8 Å². The van der Waals surface area contributed by atoms with Gasteiger partial charge in [0.25, 0.3) is 5.56 Å². The quantitative estimate of drug-likeness (QED) is 0.260. The summed E-state index contributed by atoms with van der Waals surface area (Å²) in [6.45, 7) is 2.41. The largest absolute Gasteiger partial charge is 0.494 e. The summed E-state index contributed by atoms with van der Waals surface area (Å²) in [6.07, 6.45) is -4.41. The molecule has 0 N–H and O–H groups in total. The highest BCUT2D eigenvalue weighted by molar-refractivity contribution is 7.98. The first-order valence-corrected chi connectivity index (χ1v) is 10.9. The topological polar surface area (TPSA) is 44.1 Å². The fourth-order valence-electron chi connectivity index (χ4n) is 3.28. The highest BCUT2D eigenvalue weighted by atomic mass is 32.2. The third-order valence-electron chi connectivity index (χ3n) is 4.77. The van der Waals surface area contributed by atoms with Gasteiger partial charge in [-0.2, -0.15) is 13.2 Å². The Morgan fingerprint density at radius 1 is 1.00 bits per heavy atom. The Hall–Kier alpha value is -3.26. The van der Waals surface area contributed by atoms with Crippen molar-refractivity contribution in [2.24, 2.45) is 0 Å². The average molecular weight is 456 g/mol. The van der Waals surface area contributed by atoms with Gasteiger partial charge in [0.05, 0.1) is 28.8 Å². The summed E-state index contributed by atoms with van der Waals surface area (Å²) in [5.41, 5.74) is 0.678. The van der Waals surface area contributed by atoms with E-state index in [-0.39, 0.29) is 11.3 Å². The number of hydrogen-bond acceptors (Lipinski definition) is 4. The van der Waals surface area contributed by atoms with Crippen LogP contribution in [-0.2, 0) is 11.9 Å². The minimum atomic E-state index is -4.41. The lowest BCUT2D eigenvalue weighted by molar-refractivity contribution is -0.137. The predicted octanol–water partition coefficient (Wildman–Crippen LogP) is 6.10. The van der Waals surface area contributed by atoms with Crippen molar-refractivity contribution in [3.63, 3.8) is 0 Å². The number of ether oxygens (including phenoxy) is 1. The van der Waals surface area contributed by atoms with Crippen LogP contribution < -0.4 is 10.3 Å². The van der Waals surface area contributed by atoms with Gasteiger partial charge in [-0.1, -0.05) is 42.1 Å². The fourth-order valence-corrected chi connectivity index (χ4v) is 4.24. The molecule has 0 amide bonds. The fraction of sp³-hybridized carbons (Fsp3) is 0.167. The third-order valence-corrected chi connectivity index (χ3v) is 5.78. The molecular weight excluding hydrogens is 437 g/mol. The van der Waals surface area contributed by atoms with Crippen LogP contribution in [0.5, 0.6) is 5.75 Å². The number of nitrogens with zero attached hydrogens (tertiary/aromatic N) is 2. The van der Waals surface area contributed by atoms with Crippen LogP contribution in [0.15, 0.2) is 82.7 Å². The molecule has 0 atom stereocenters. The van der Waals surface area contributed by atoms with Crippen LogP contribution in [0.25, 0.3) is 16.6 Å². The molecule has 0 aliphatic heterocycles. The van der Waals surface area contributed by atoms with E-state index in [4.69, 9.17) is 4.74 Å². The minimum Gasteiger partial charge on any atom is -0.494 e. The van der Waals surface area contributed by atoms with E-state index < -0.39 is 11.7 Å². The molecule has 4 rings (SSSR count). The lowest BCUT2D eigenvalue weighted by atomic mass is 10.1. The summed E-state index contributed by atoms with van der Waals surface area (Å²) in [6, 6.07) is 19.2. The van der Waals surface area contributed by atoms with E-state index in [1.165, 1.54) is 22.4 Å². The molecule has 0 aliphatic rings. The van der Waals surface area contributed by atoms with Gasteiger partial charge in [-0.15, -0.1) is 0 Å². The summed E-state index contributed by atoms with van der Waals surface area (Å²) in [4.78, 5) is 17.9. The molecule has 4 nitrogen and oxygen atoms in total. The van der Waals surface area contributed by atoms with E-state index in [9.17, 15) is 18.0 Å². The van der Waals surface area contributed by atoms with E-state index in [2.05, 4.69) is 4.98 Å². The maximum Gasteiger partial charge on any atom is 0.416 e. The predicted molar refractivity (Wildman–Crippen MR) is 120 cm³/mol. The smallest absolute Gasteiger partial charge is 0.416 e. The first kappa shape index (κ1) is 22.0. The first-order valence-electron chi connectivity index (χ1n) is 9.91. The average Bonchev–Trinajstić information content (AvgIpc) is 2.78. The van der Waals surface area contributed by atoms with Crippen molar-refractivity contribution in [1.82, 2.24) is 9.55 Å². The molecular formula is C24H19F3N2O2S. The SMILES string of the molecule is CCOc1ccc(-n2c(SCc3cccc(C(F)(F)F)c3)nc3ccccc3c2=O)cc1. The second-order valence-corrected chi connectivity index (χ2v) is 7.91. The summed E-state index contributed by atoms with van der Waals surface area (Å²) in [7, 11) is 0. The summed E-state index contributed by atoms with van der Waals surface area (Å²) in [5.74, 6) is 0.905. The molecule has 0 unspecified atom stereocenters. The number of para-hydroxylation sites is 1. The van der Waals surface area contributed by atoms with Crippen molar-refractivity contribution in [3.05, 3.63) is 94.3 Å². The first-order chi connectivity index (χ1) is 15.4. The highest BCUT2D eigenvalue weighted by Gasteiger charge is 2.30. The molecule has 1 aromatic heterocycles. The number of alkyl halides is 3. The van der Waals surface area contributed by atoms with Gasteiger partial charge in [0.15, 0.2) is 5.16 Å². The molecule has 0 bridgehead atoms. The number of hydrogen-bond donors (Lipinski definition) is 0. The van der Waals surface area contributed by atoms with Crippen LogP contribution in [0.4, 0.5) is 13.2 Å². The van der Waals surface area contributed by atoms with Gasteiger partial charge in [-0.25, -0.2) is 4.98 Å². The van der Waals surface area contributed by atoms with Crippen LogP contribution in [-0.4, -0.2) is 16.2 Å². The molecule has 3 aromatic carbocycles. The molecule has 1 heterocycles. The van der Waals surface area contributed by atoms with Gasteiger partial charge in [-0.3, -0.25) is 9.36 Å². The zero-order valence-corrected chi connectivity index (χ0v) is 17.9. The lowest BCUT2D eigenvalue weighted by Crippen LogP contribution is -2.21. The van der Waals surface area contributed by atoms with Gasteiger partial charge >= 0.3 is 6.18 Å². The highest BCUT2D eigenvalue weighted by Crippen LogP contribution is 2.31. The number of fused-ring (bicyclic) bond motifs is 1. The van der Waals surface area contributed by atoms with Crippen molar-refractivity contribution < 1.29 is 17.9 Å². The third kappa shape index (κ3) is 4.65. The number of halogens is 3. The molecule has 164 valence electrons. The molecule has 0 saturated heterocycles. The van der Waals surface area contributed by atoms with Gasteiger partial charge in [0.2, 0.25) is 0 Å². The van der Waals surface area contributed by atoms with E-state index in [0.29, 0.717) is 39.7 Å². The van der Waals surface area contributed by atoms with Crippen molar-refractivity contribution in [2.75, 3.05) is 6.61 Å². The second-order valence-electron chi connectivity index (χ2n) is 6.97. The molecule has 8 heteroatoms. The Morgan fingerprint density at radius 2 is 1.75 bits per heavy atom. The molecule has 0 spiro atoms. The molecule has 0 fully saturated rings. The van der Waals surface area contributed by atoms with E-state index in [1.54, 1.807) is 54.6 Å². The number of thioether (sulfide) groups is 1. The Kier molecular flexibility index (Phi) is 6.23. The van der Waals surface area contributed by atoms with Crippen molar-refractivity contribution in [3.8, 4) is 11.4 Å². The summed E-state index contributed by atoms with van der Waals surface area (Å²) in [5, 5.41) is 0.861. The Morgan fingerprint density at radius 3 is 2.47 bits per heavy atom. The second kappa shape index (κ2) is 9.08. The zero-order chi connectivity index (χ0) is 22.7. The van der Waals surface area contributed by atoms with Crippen molar-refractivity contribution >= 4 is 22.7 Å². The molecule has 4 aromatic rings. The van der Waals surface area contributed by atoms with Crippen molar-refractivity contribution in [2.45, 2.75) is 24.0 Å². The monoisotopic (exact) mass is 456 g/mol. The minimum absolute atomic E-state index is 0.228. The number of aromatic nitrogens is 2. The molecule has 0 saturated carbocycles. The van der Waals surface area contributed by atoms with Crippen LogP contribution in [0.2, 0.25) is 0 Å². The van der Waals surface area contributed by atoms with Crippen LogP contribution in [0.1, 0.15) is 18.1 Å². The maximum atomic E-state index is 13.3. The Balaban J connectivity index is 1.75. The number of benzene rings is 3. The van der Waals surface area contributed by atoms with E-state index in [1.807, 2.05) is 6.92 Å². The van der Waals surface area contributed by atoms with Gasteiger partial charge < -0.3 is 4.74 Å². The molecule has 0 radical (unpaired) electrons. The van der Waals surface area contributed by atoms with Gasteiger partial charge in [-0.05, 0) is 55.0 Å². The van der Waals surface area contributed by atoms with E-state index in [0.717, 1.165) is 12.1 Å². The Labute approximate surface area is 186 Å².